The molecule has 1 amide bonds. The van der Waals surface area contributed by atoms with Crippen molar-refractivity contribution in [1.29, 1.82) is 0 Å². The van der Waals surface area contributed by atoms with Gasteiger partial charge >= 0.3 is 5.97 Å². The number of aryl methyl sites for hydroxylation is 1. The zero-order valence-corrected chi connectivity index (χ0v) is 19.5. The van der Waals surface area contributed by atoms with Crippen LogP contribution in [0.3, 0.4) is 0 Å². The minimum absolute atomic E-state index is 0.0408. The highest BCUT2D eigenvalue weighted by atomic mass is 79.9. The van der Waals surface area contributed by atoms with Crippen molar-refractivity contribution in [2.45, 2.75) is 51.7 Å². The van der Waals surface area contributed by atoms with Crippen molar-refractivity contribution in [3.05, 3.63) is 46.0 Å². The molecule has 2 aromatic rings. The number of amides is 1. The molecule has 1 N–H and O–H groups in total. The summed E-state index contributed by atoms with van der Waals surface area (Å²) in [4.78, 5) is 31.4. The Morgan fingerprint density at radius 1 is 1.26 bits per heavy atom. The second-order valence-corrected chi connectivity index (χ2v) is 9.40. The lowest BCUT2D eigenvalue weighted by Gasteiger charge is -2.40. The lowest BCUT2D eigenvalue weighted by Crippen LogP contribution is -2.46. The summed E-state index contributed by atoms with van der Waals surface area (Å²) in [6, 6.07) is 3.72. The van der Waals surface area contributed by atoms with Crippen molar-refractivity contribution >= 4 is 27.8 Å². The largest absolute Gasteiger partial charge is 0.487 e. The van der Waals surface area contributed by atoms with Gasteiger partial charge < -0.3 is 19.3 Å². The number of benzene rings is 1. The van der Waals surface area contributed by atoms with Gasteiger partial charge in [-0.2, -0.15) is 0 Å². The average molecular weight is 490 g/mol. The molecule has 1 aliphatic heterocycles. The number of carboxylic acids is 1. The smallest absolute Gasteiger partial charge is 0.307 e. The van der Waals surface area contributed by atoms with E-state index in [9.17, 15) is 14.7 Å². The van der Waals surface area contributed by atoms with Gasteiger partial charge in [-0.1, -0.05) is 28.8 Å². The van der Waals surface area contributed by atoms with Crippen molar-refractivity contribution < 1.29 is 19.4 Å². The van der Waals surface area contributed by atoms with Crippen molar-refractivity contribution in [2.24, 2.45) is 18.9 Å². The van der Waals surface area contributed by atoms with E-state index in [2.05, 4.69) is 20.9 Å². The third-order valence-corrected chi connectivity index (χ3v) is 7.31. The van der Waals surface area contributed by atoms with Crippen LogP contribution in [0.4, 0.5) is 0 Å². The molecule has 1 aromatic carbocycles. The summed E-state index contributed by atoms with van der Waals surface area (Å²) >= 11 is 3.65. The van der Waals surface area contributed by atoms with Gasteiger partial charge in [-0.3, -0.25) is 9.59 Å². The molecule has 1 fully saturated rings. The summed E-state index contributed by atoms with van der Waals surface area (Å²) in [6.07, 6.45) is 7.36. The van der Waals surface area contributed by atoms with E-state index in [1.807, 2.05) is 41.8 Å². The number of hydrogen-bond acceptors (Lipinski definition) is 4. The number of ether oxygens (including phenoxy) is 1. The van der Waals surface area contributed by atoms with Gasteiger partial charge in [0.15, 0.2) is 0 Å². The summed E-state index contributed by atoms with van der Waals surface area (Å²) in [5, 5.41) is 9.64. The summed E-state index contributed by atoms with van der Waals surface area (Å²) in [7, 11) is 1.92. The molecule has 8 heteroatoms. The van der Waals surface area contributed by atoms with E-state index in [1.54, 1.807) is 6.33 Å². The number of nitrogens with zero attached hydrogens (tertiary/aromatic N) is 3. The van der Waals surface area contributed by atoms with Gasteiger partial charge in [0.25, 0.3) is 0 Å². The number of hydrogen-bond donors (Lipinski definition) is 1. The number of rotatable bonds is 5. The first-order valence-corrected chi connectivity index (χ1v) is 11.6. The molecule has 166 valence electrons. The maximum absolute atomic E-state index is 13.5. The third-order valence-electron chi connectivity index (χ3n) is 6.57. The van der Waals surface area contributed by atoms with E-state index in [4.69, 9.17) is 4.74 Å². The Kier molecular flexibility index (Phi) is 6.36. The second kappa shape index (κ2) is 9.02. The first-order valence-electron chi connectivity index (χ1n) is 10.8. The molecule has 4 rings (SSSR count). The first kappa shape index (κ1) is 21.9. The molecule has 0 spiro atoms. The maximum Gasteiger partial charge on any atom is 0.307 e. The summed E-state index contributed by atoms with van der Waals surface area (Å²) in [6.45, 7) is 2.94. The first-order chi connectivity index (χ1) is 14.9. The molecule has 0 radical (unpaired) electrons. The van der Waals surface area contributed by atoms with E-state index in [-0.39, 0.29) is 11.9 Å². The van der Waals surface area contributed by atoms with Gasteiger partial charge in [0.1, 0.15) is 12.4 Å². The van der Waals surface area contributed by atoms with Gasteiger partial charge in [-0.25, -0.2) is 4.98 Å². The fraction of sp³-hybridized carbons (Fsp3) is 0.522. The van der Waals surface area contributed by atoms with Crippen LogP contribution in [-0.4, -0.2) is 38.0 Å². The molecular weight excluding hydrogens is 462 g/mol. The normalized spacial score (nSPS) is 23.3. The molecular formula is C23H28BrN3O4. The summed E-state index contributed by atoms with van der Waals surface area (Å²) < 4.78 is 9.02. The van der Waals surface area contributed by atoms with Crippen LogP contribution >= 0.6 is 15.9 Å². The number of aliphatic carboxylic acids is 1. The molecule has 31 heavy (non-hydrogen) atoms. The Bertz CT molecular complexity index is 989. The van der Waals surface area contributed by atoms with Crippen LogP contribution in [0.5, 0.6) is 5.75 Å². The number of carboxylic acid groups (broad SMARTS) is 1. The van der Waals surface area contributed by atoms with Gasteiger partial charge in [0.05, 0.1) is 29.9 Å². The van der Waals surface area contributed by atoms with Crippen LogP contribution < -0.4 is 4.74 Å². The molecule has 1 aromatic heterocycles. The van der Waals surface area contributed by atoms with E-state index in [1.165, 1.54) is 0 Å². The lowest BCUT2D eigenvalue weighted by atomic mass is 9.77. The Morgan fingerprint density at radius 3 is 2.68 bits per heavy atom. The van der Waals surface area contributed by atoms with Crippen molar-refractivity contribution in [1.82, 2.24) is 14.5 Å². The maximum atomic E-state index is 13.5. The van der Waals surface area contributed by atoms with Crippen LogP contribution in [0, 0.1) is 11.8 Å². The Balaban J connectivity index is 1.59. The van der Waals surface area contributed by atoms with Crippen molar-refractivity contribution in [3.63, 3.8) is 0 Å². The van der Waals surface area contributed by atoms with E-state index in [0.717, 1.165) is 39.9 Å². The minimum atomic E-state index is -0.856. The monoisotopic (exact) mass is 489 g/mol. The molecule has 3 unspecified atom stereocenters. The fourth-order valence-corrected chi connectivity index (χ4v) is 5.51. The summed E-state index contributed by atoms with van der Waals surface area (Å²) in [5.41, 5.74) is 2.98. The number of fused-ring (bicyclic) bond motifs is 1. The van der Waals surface area contributed by atoms with E-state index >= 15 is 0 Å². The lowest BCUT2D eigenvalue weighted by molar-refractivity contribution is -0.153. The quantitative estimate of drug-likeness (QED) is 0.683. The SMILES string of the molecule is CC1c2c(OCc3cn(C)cn3)ccc(Br)c2CCN1C(=O)C1CCCCC1C(=O)O. The minimum Gasteiger partial charge on any atom is -0.487 e. The zero-order valence-electron chi connectivity index (χ0n) is 17.9. The van der Waals surface area contributed by atoms with Crippen LogP contribution in [0.1, 0.15) is 55.5 Å². The van der Waals surface area contributed by atoms with Crippen molar-refractivity contribution in [2.75, 3.05) is 6.54 Å². The van der Waals surface area contributed by atoms with Crippen LogP contribution in [-0.2, 0) is 29.7 Å². The number of imidazole rings is 1. The highest BCUT2D eigenvalue weighted by molar-refractivity contribution is 9.10. The molecule has 7 nitrogen and oxygen atoms in total. The van der Waals surface area contributed by atoms with E-state index < -0.39 is 17.8 Å². The second-order valence-electron chi connectivity index (χ2n) is 8.55. The average Bonchev–Trinajstić information content (AvgIpc) is 3.18. The van der Waals surface area contributed by atoms with Crippen molar-refractivity contribution in [3.8, 4) is 5.75 Å². The Morgan fingerprint density at radius 2 is 2.00 bits per heavy atom. The highest BCUT2D eigenvalue weighted by Crippen LogP contribution is 2.42. The van der Waals surface area contributed by atoms with Gasteiger partial charge in [0, 0.05) is 29.8 Å². The molecule has 3 atom stereocenters. The number of carbonyl (C=O) groups is 2. The van der Waals surface area contributed by atoms with Gasteiger partial charge in [-0.05, 0) is 43.9 Å². The molecule has 1 aliphatic carbocycles. The number of aromatic nitrogens is 2. The highest BCUT2D eigenvalue weighted by Gasteiger charge is 2.41. The Hall–Kier alpha value is -2.35. The fourth-order valence-electron chi connectivity index (χ4n) is 4.97. The number of carbonyl (C=O) groups excluding carboxylic acids is 1. The third kappa shape index (κ3) is 4.35. The van der Waals surface area contributed by atoms with Crippen LogP contribution in [0.2, 0.25) is 0 Å². The molecule has 2 heterocycles. The standard InChI is InChI=1S/C23H28BrN3O4/c1-14-21-18(19(24)7-8-20(21)31-12-15-11-26(2)13-25-15)9-10-27(14)22(28)16-5-3-4-6-17(16)23(29)30/h7-8,11,13-14,16-17H,3-6,9-10,12H2,1-2H3,(H,29,30). The molecule has 0 bridgehead atoms. The topological polar surface area (TPSA) is 84.7 Å². The molecule has 1 saturated carbocycles. The van der Waals surface area contributed by atoms with Gasteiger partial charge in [-0.15, -0.1) is 0 Å². The van der Waals surface area contributed by atoms with E-state index in [0.29, 0.717) is 32.4 Å². The zero-order chi connectivity index (χ0) is 22.1. The van der Waals surface area contributed by atoms with Gasteiger partial charge in [0.2, 0.25) is 5.91 Å². The summed E-state index contributed by atoms with van der Waals surface area (Å²) in [5.74, 6) is -1.18. The predicted molar refractivity (Wildman–Crippen MR) is 119 cm³/mol. The van der Waals surface area contributed by atoms with Crippen LogP contribution in [0.15, 0.2) is 29.1 Å². The predicted octanol–water partition coefficient (Wildman–Crippen LogP) is 4.10. The van der Waals surface area contributed by atoms with Crippen LogP contribution in [0.25, 0.3) is 0 Å². The molecule has 2 aliphatic rings. The molecule has 0 saturated heterocycles. The number of halogens is 1. The Labute approximate surface area is 190 Å².